The van der Waals surface area contributed by atoms with E-state index < -0.39 is 15.9 Å². The number of amides is 1. The van der Waals surface area contributed by atoms with Crippen LogP contribution < -0.4 is 14.8 Å². The van der Waals surface area contributed by atoms with Crippen molar-refractivity contribution in [2.75, 3.05) is 45.3 Å². The van der Waals surface area contributed by atoms with Gasteiger partial charge in [0.25, 0.3) is 5.91 Å². The maximum atomic E-state index is 13.0. The quantitative estimate of drug-likeness (QED) is 0.789. The number of carbonyl (C=O) groups excluding carboxylic acids is 1. The van der Waals surface area contributed by atoms with E-state index in [1.54, 1.807) is 18.2 Å². The number of fused-ring (bicyclic) bond motifs is 1. The van der Waals surface area contributed by atoms with Crippen LogP contribution in [0, 0.1) is 0 Å². The van der Waals surface area contributed by atoms with Gasteiger partial charge in [-0.1, -0.05) is 11.6 Å². The number of nitrogens with zero attached hydrogens (tertiary/aromatic N) is 2. The second kappa shape index (κ2) is 7.83. The lowest BCUT2D eigenvalue weighted by Gasteiger charge is -2.31. The predicted octanol–water partition coefficient (Wildman–Crippen LogP) is 2.26. The number of ether oxygens (including phenoxy) is 2. The Morgan fingerprint density at radius 3 is 2.52 bits per heavy atom. The molecule has 29 heavy (non-hydrogen) atoms. The van der Waals surface area contributed by atoms with E-state index in [1.807, 2.05) is 7.05 Å². The van der Waals surface area contributed by atoms with E-state index in [4.69, 9.17) is 21.1 Å². The van der Waals surface area contributed by atoms with E-state index >= 15 is 0 Å². The SMILES string of the molecule is CN1CCN(S(=O)(=O)c2ccc(Cl)c(C(=O)Nc3ccc4c(c3)OCO4)c2)CC1. The third-order valence-electron chi connectivity index (χ3n) is 4.91. The van der Waals surface area contributed by atoms with E-state index in [-0.39, 0.29) is 22.3 Å². The van der Waals surface area contributed by atoms with Gasteiger partial charge in [-0.2, -0.15) is 4.31 Å². The molecule has 8 nitrogen and oxygen atoms in total. The molecule has 154 valence electrons. The summed E-state index contributed by atoms with van der Waals surface area (Å²) in [6.07, 6.45) is 0. The fourth-order valence-electron chi connectivity index (χ4n) is 3.19. The predicted molar refractivity (Wildman–Crippen MR) is 108 cm³/mol. The average Bonchev–Trinajstić information content (AvgIpc) is 3.16. The van der Waals surface area contributed by atoms with Gasteiger partial charge < -0.3 is 19.7 Å². The molecule has 0 saturated carbocycles. The highest BCUT2D eigenvalue weighted by Gasteiger charge is 2.28. The second-order valence-corrected chi connectivity index (χ2v) is 9.22. The number of halogens is 1. The molecule has 0 atom stereocenters. The maximum absolute atomic E-state index is 13.0. The van der Waals surface area contributed by atoms with Crippen LogP contribution >= 0.6 is 11.6 Å². The minimum atomic E-state index is -3.71. The van der Waals surface area contributed by atoms with Crippen molar-refractivity contribution in [3.05, 3.63) is 47.0 Å². The molecule has 2 aromatic carbocycles. The number of sulfonamides is 1. The van der Waals surface area contributed by atoms with Gasteiger partial charge in [-0.3, -0.25) is 4.79 Å². The Bertz CT molecular complexity index is 1050. The molecule has 0 bridgehead atoms. The Morgan fingerprint density at radius 1 is 1.03 bits per heavy atom. The Labute approximate surface area is 174 Å². The molecule has 0 spiro atoms. The van der Waals surface area contributed by atoms with Crippen molar-refractivity contribution in [2.45, 2.75) is 4.90 Å². The lowest BCUT2D eigenvalue weighted by atomic mass is 10.2. The maximum Gasteiger partial charge on any atom is 0.257 e. The summed E-state index contributed by atoms with van der Waals surface area (Å²) in [5.41, 5.74) is 0.571. The zero-order valence-corrected chi connectivity index (χ0v) is 17.3. The first kappa shape index (κ1) is 20.0. The van der Waals surface area contributed by atoms with Gasteiger partial charge in [0.2, 0.25) is 16.8 Å². The zero-order chi connectivity index (χ0) is 20.6. The average molecular weight is 438 g/mol. The van der Waals surface area contributed by atoms with Gasteiger partial charge in [-0.25, -0.2) is 8.42 Å². The highest BCUT2D eigenvalue weighted by Crippen LogP contribution is 2.34. The van der Waals surface area contributed by atoms with Crippen LogP contribution in [-0.2, 0) is 10.0 Å². The standard InChI is InChI=1S/C19H20ClN3O5S/c1-22-6-8-23(9-7-22)29(25,26)14-3-4-16(20)15(11-14)19(24)21-13-2-5-17-18(10-13)28-12-27-17/h2-5,10-11H,6-9,12H2,1H3,(H,21,24). The first-order valence-corrected chi connectivity index (χ1v) is 10.9. The van der Waals surface area contributed by atoms with Gasteiger partial charge in [0.1, 0.15) is 0 Å². The van der Waals surface area contributed by atoms with Crippen molar-refractivity contribution < 1.29 is 22.7 Å². The van der Waals surface area contributed by atoms with Crippen LogP contribution in [-0.4, -0.2) is 63.5 Å². The highest BCUT2D eigenvalue weighted by molar-refractivity contribution is 7.89. The fraction of sp³-hybridized carbons (Fsp3) is 0.316. The summed E-state index contributed by atoms with van der Waals surface area (Å²) in [6, 6.07) is 9.17. The summed E-state index contributed by atoms with van der Waals surface area (Å²) in [6.45, 7) is 2.25. The van der Waals surface area contributed by atoms with Crippen LogP contribution in [0.3, 0.4) is 0 Å². The molecule has 4 rings (SSSR count). The molecule has 0 radical (unpaired) electrons. The molecule has 10 heteroatoms. The first-order chi connectivity index (χ1) is 13.8. The molecule has 0 aliphatic carbocycles. The van der Waals surface area contributed by atoms with Crippen molar-refractivity contribution in [1.82, 2.24) is 9.21 Å². The van der Waals surface area contributed by atoms with Gasteiger partial charge >= 0.3 is 0 Å². The third-order valence-corrected chi connectivity index (χ3v) is 7.14. The molecule has 1 fully saturated rings. The number of nitrogens with one attached hydrogen (secondary N) is 1. The summed E-state index contributed by atoms with van der Waals surface area (Å²) < 4.78 is 37.9. The van der Waals surface area contributed by atoms with E-state index in [2.05, 4.69) is 10.2 Å². The summed E-state index contributed by atoms with van der Waals surface area (Å²) in [5.74, 6) is 0.617. The summed E-state index contributed by atoms with van der Waals surface area (Å²) in [5, 5.41) is 2.89. The molecular formula is C19H20ClN3O5S. The topological polar surface area (TPSA) is 88.2 Å². The first-order valence-electron chi connectivity index (χ1n) is 9.04. The number of piperazine rings is 1. The summed E-state index contributed by atoms with van der Waals surface area (Å²) in [7, 11) is -1.76. The van der Waals surface area contributed by atoms with E-state index in [0.29, 0.717) is 43.4 Å². The van der Waals surface area contributed by atoms with Gasteiger partial charge in [0.15, 0.2) is 11.5 Å². The van der Waals surface area contributed by atoms with Gasteiger partial charge in [0.05, 0.1) is 15.5 Å². The highest BCUT2D eigenvalue weighted by atomic mass is 35.5. The van der Waals surface area contributed by atoms with Crippen LogP contribution in [0.5, 0.6) is 11.5 Å². The van der Waals surface area contributed by atoms with Crippen molar-refractivity contribution in [3.8, 4) is 11.5 Å². The molecule has 2 aromatic rings. The number of rotatable bonds is 4. The van der Waals surface area contributed by atoms with Crippen molar-refractivity contribution >= 4 is 33.2 Å². The van der Waals surface area contributed by atoms with E-state index in [0.717, 1.165) is 0 Å². The molecule has 0 aromatic heterocycles. The number of anilines is 1. The Hall–Kier alpha value is -2.33. The normalized spacial score (nSPS) is 17.3. The number of carbonyl (C=O) groups is 1. The van der Waals surface area contributed by atoms with Crippen LogP contribution in [0.2, 0.25) is 5.02 Å². The fourth-order valence-corrected chi connectivity index (χ4v) is 4.84. The van der Waals surface area contributed by atoms with E-state index in [9.17, 15) is 13.2 Å². The molecule has 2 aliphatic rings. The van der Waals surface area contributed by atoms with Crippen LogP contribution in [0.4, 0.5) is 5.69 Å². The molecule has 1 saturated heterocycles. The van der Waals surface area contributed by atoms with Crippen molar-refractivity contribution in [1.29, 1.82) is 0 Å². The molecular weight excluding hydrogens is 418 g/mol. The van der Waals surface area contributed by atoms with Gasteiger partial charge in [0, 0.05) is 37.9 Å². The molecule has 1 amide bonds. The molecule has 2 heterocycles. The summed E-state index contributed by atoms with van der Waals surface area (Å²) in [4.78, 5) is 14.9. The Balaban J connectivity index is 1.57. The lowest BCUT2D eigenvalue weighted by Crippen LogP contribution is -2.47. The zero-order valence-electron chi connectivity index (χ0n) is 15.7. The van der Waals surface area contributed by atoms with E-state index in [1.165, 1.54) is 22.5 Å². The third kappa shape index (κ3) is 4.04. The van der Waals surface area contributed by atoms with Gasteiger partial charge in [-0.15, -0.1) is 0 Å². The van der Waals surface area contributed by atoms with Gasteiger partial charge in [-0.05, 0) is 37.4 Å². The van der Waals surface area contributed by atoms with Crippen molar-refractivity contribution in [3.63, 3.8) is 0 Å². The van der Waals surface area contributed by atoms with Crippen LogP contribution in [0.25, 0.3) is 0 Å². The number of likely N-dealkylation sites (N-methyl/N-ethyl adjacent to an activating group) is 1. The number of hydrogen-bond acceptors (Lipinski definition) is 6. The van der Waals surface area contributed by atoms with Crippen LogP contribution in [0.15, 0.2) is 41.3 Å². The monoisotopic (exact) mass is 437 g/mol. The summed E-state index contributed by atoms with van der Waals surface area (Å²) >= 11 is 6.19. The largest absolute Gasteiger partial charge is 0.454 e. The molecule has 1 N–H and O–H groups in total. The minimum absolute atomic E-state index is 0.0438. The second-order valence-electron chi connectivity index (χ2n) is 6.87. The lowest BCUT2D eigenvalue weighted by molar-refractivity contribution is 0.102. The number of hydrogen-bond donors (Lipinski definition) is 1. The molecule has 2 aliphatic heterocycles. The van der Waals surface area contributed by atoms with Crippen molar-refractivity contribution in [2.24, 2.45) is 0 Å². The molecule has 0 unspecified atom stereocenters. The Morgan fingerprint density at radius 2 is 1.76 bits per heavy atom. The minimum Gasteiger partial charge on any atom is -0.454 e. The Kier molecular flexibility index (Phi) is 5.39. The van der Waals surface area contributed by atoms with Crippen LogP contribution in [0.1, 0.15) is 10.4 Å². The smallest absolute Gasteiger partial charge is 0.257 e. The number of benzene rings is 2.